The van der Waals surface area contributed by atoms with Crippen LogP contribution in [0.4, 0.5) is 0 Å². The normalized spacial score (nSPS) is 19.8. The van der Waals surface area contributed by atoms with E-state index in [0.29, 0.717) is 28.8 Å². The third-order valence-corrected chi connectivity index (χ3v) is 7.09. The quantitative estimate of drug-likeness (QED) is 0.351. The molecule has 1 unspecified atom stereocenters. The van der Waals surface area contributed by atoms with Crippen LogP contribution in [-0.2, 0) is 4.79 Å². The van der Waals surface area contributed by atoms with Crippen LogP contribution in [0.1, 0.15) is 57.9 Å². The van der Waals surface area contributed by atoms with Crippen LogP contribution >= 0.6 is 23.2 Å². The monoisotopic (exact) mass is 529 g/mol. The lowest BCUT2D eigenvalue weighted by Crippen LogP contribution is -2.21. The van der Waals surface area contributed by atoms with Crippen molar-refractivity contribution < 1.29 is 9.90 Å². The van der Waals surface area contributed by atoms with Crippen molar-refractivity contribution in [1.29, 1.82) is 0 Å². The van der Waals surface area contributed by atoms with E-state index in [9.17, 15) is 9.90 Å². The standard InChI is InChI=1S/C29H37Cl2N3O2/c1-19(2)14-22-17-27(33-28(22)21-11-13-25(30)26(31)16-21)32-18-23(29(35)36)15-20-8-6-5-7-9-24(12-10-20)34(3)4/h8-13,16,19,23H,5-7,14-15,17-18H2,1-4H3,(H,32,33)(H,35,36)/b12-10?,20-8?,24-9-. The number of halogens is 2. The number of aliphatic carboxylic acids is 1. The Morgan fingerprint density at radius 2 is 1.86 bits per heavy atom. The number of nitrogens with zero attached hydrogens (tertiary/aromatic N) is 2. The second-order valence-electron chi connectivity index (χ2n) is 10.1. The van der Waals surface area contributed by atoms with Gasteiger partial charge in [0.1, 0.15) is 5.84 Å². The topological polar surface area (TPSA) is 64.9 Å². The van der Waals surface area contributed by atoms with Gasteiger partial charge in [-0.25, -0.2) is 0 Å². The van der Waals surface area contributed by atoms with Crippen LogP contribution < -0.4 is 5.32 Å². The number of carboxylic acids is 1. The van der Waals surface area contributed by atoms with E-state index in [2.05, 4.69) is 48.4 Å². The lowest BCUT2D eigenvalue weighted by molar-refractivity contribution is -0.141. The highest BCUT2D eigenvalue weighted by atomic mass is 35.5. The molecule has 1 aliphatic heterocycles. The third kappa shape index (κ3) is 8.01. The van der Waals surface area contributed by atoms with E-state index in [4.69, 9.17) is 28.2 Å². The van der Waals surface area contributed by atoms with Crippen molar-refractivity contribution in [3.05, 3.63) is 75.0 Å². The Kier molecular flexibility index (Phi) is 10.3. The Morgan fingerprint density at radius 3 is 2.53 bits per heavy atom. The van der Waals surface area contributed by atoms with Gasteiger partial charge >= 0.3 is 5.97 Å². The third-order valence-electron chi connectivity index (χ3n) is 6.35. The molecule has 1 aromatic rings. The summed E-state index contributed by atoms with van der Waals surface area (Å²) in [4.78, 5) is 19.0. The highest BCUT2D eigenvalue weighted by Crippen LogP contribution is 2.33. The molecule has 1 atom stereocenters. The van der Waals surface area contributed by atoms with E-state index in [-0.39, 0.29) is 6.54 Å². The molecule has 1 aromatic carbocycles. The van der Waals surface area contributed by atoms with Gasteiger partial charge in [-0.05, 0) is 67.4 Å². The molecule has 2 N–H and O–H groups in total. The number of hydrogen-bond donors (Lipinski definition) is 2. The van der Waals surface area contributed by atoms with Crippen molar-refractivity contribution >= 4 is 40.7 Å². The van der Waals surface area contributed by atoms with E-state index in [1.807, 2.05) is 26.2 Å². The first-order valence-corrected chi connectivity index (χ1v) is 13.3. The fourth-order valence-corrected chi connectivity index (χ4v) is 4.76. The van der Waals surface area contributed by atoms with E-state index < -0.39 is 11.9 Å². The van der Waals surface area contributed by atoms with Crippen molar-refractivity contribution in [2.45, 2.75) is 52.4 Å². The summed E-state index contributed by atoms with van der Waals surface area (Å²) in [5, 5.41) is 14.4. The highest BCUT2D eigenvalue weighted by molar-refractivity contribution is 6.42. The van der Waals surface area contributed by atoms with E-state index >= 15 is 0 Å². The Labute approximate surface area is 225 Å². The lowest BCUT2D eigenvalue weighted by Gasteiger charge is -2.14. The number of nitrogens with one attached hydrogen (secondary N) is 1. The maximum absolute atomic E-state index is 12.1. The highest BCUT2D eigenvalue weighted by Gasteiger charge is 2.24. The van der Waals surface area contributed by atoms with Gasteiger partial charge in [0.15, 0.2) is 0 Å². The molecule has 0 radical (unpaired) electrons. The first-order chi connectivity index (χ1) is 17.1. The first kappa shape index (κ1) is 28.1. The second kappa shape index (κ2) is 13.2. The van der Waals surface area contributed by atoms with Crippen molar-refractivity contribution in [1.82, 2.24) is 10.2 Å². The molecule has 7 heteroatoms. The minimum Gasteiger partial charge on any atom is -0.481 e. The Hall–Kier alpha value is -2.50. The minimum atomic E-state index is -0.824. The average Bonchev–Trinajstić information content (AvgIpc) is 3.24. The van der Waals surface area contributed by atoms with Crippen molar-refractivity contribution in [3.8, 4) is 0 Å². The van der Waals surface area contributed by atoms with Crippen LogP contribution in [0.5, 0.6) is 0 Å². The summed E-state index contributed by atoms with van der Waals surface area (Å²) in [7, 11) is 4.05. The van der Waals surface area contributed by atoms with Crippen molar-refractivity contribution in [3.63, 3.8) is 0 Å². The maximum atomic E-state index is 12.1. The van der Waals surface area contributed by atoms with Gasteiger partial charge in [0.2, 0.25) is 0 Å². The Morgan fingerprint density at radius 1 is 1.11 bits per heavy atom. The van der Waals surface area contributed by atoms with Gasteiger partial charge in [0.05, 0.1) is 22.5 Å². The average molecular weight is 531 g/mol. The fraction of sp³-hybridized carbons (Fsp3) is 0.448. The van der Waals surface area contributed by atoms with Gasteiger partial charge in [-0.2, -0.15) is 0 Å². The molecule has 36 heavy (non-hydrogen) atoms. The summed E-state index contributed by atoms with van der Waals surface area (Å²) in [5.41, 5.74) is 5.40. The molecule has 0 saturated carbocycles. The maximum Gasteiger partial charge on any atom is 0.308 e. The summed E-state index contributed by atoms with van der Waals surface area (Å²) in [6.45, 7) is 4.59. The molecule has 0 fully saturated rings. The molecule has 1 aliphatic carbocycles. The zero-order chi connectivity index (χ0) is 26.2. The van der Waals surface area contributed by atoms with Crippen LogP contribution in [0.25, 0.3) is 5.70 Å². The predicted molar refractivity (Wildman–Crippen MR) is 151 cm³/mol. The summed E-state index contributed by atoms with van der Waals surface area (Å²) >= 11 is 12.4. The Balaban J connectivity index is 1.75. The van der Waals surface area contributed by atoms with E-state index in [1.54, 1.807) is 6.07 Å². The smallest absolute Gasteiger partial charge is 0.308 e. The number of carbonyl (C=O) groups is 1. The van der Waals surface area contributed by atoms with Gasteiger partial charge < -0.3 is 15.3 Å². The zero-order valence-corrected chi connectivity index (χ0v) is 23.2. The van der Waals surface area contributed by atoms with Crippen LogP contribution in [-0.4, -0.2) is 42.5 Å². The molecule has 3 rings (SSSR count). The molecule has 0 bridgehead atoms. The minimum absolute atomic E-state index is 0.225. The number of likely N-dealkylation sites (N-methyl/N-ethyl adjacent to an activating group) is 1. The van der Waals surface area contributed by atoms with Gasteiger partial charge in [-0.15, -0.1) is 0 Å². The molecule has 0 saturated heterocycles. The van der Waals surface area contributed by atoms with Crippen molar-refractivity contribution in [2.24, 2.45) is 16.8 Å². The summed E-state index contributed by atoms with van der Waals surface area (Å²) in [6, 6.07) is 5.61. The van der Waals surface area contributed by atoms with E-state index in [1.165, 1.54) is 5.57 Å². The summed E-state index contributed by atoms with van der Waals surface area (Å²) in [6.07, 6.45) is 13.6. The van der Waals surface area contributed by atoms with Crippen LogP contribution in [0, 0.1) is 11.8 Å². The first-order valence-electron chi connectivity index (χ1n) is 12.6. The van der Waals surface area contributed by atoms with Crippen LogP contribution in [0.2, 0.25) is 10.0 Å². The summed E-state index contributed by atoms with van der Waals surface area (Å²) < 4.78 is 0. The number of rotatable bonds is 9. The number of hydrogen-bond acceptors (Lipinski definition) is 3. The van der Waals surface area contributed by atoms with Gasteiger partial charge in [0, 0.05) is 31.9 Å². The largest absolute Gasteiger partial charge is 0.481 e. The molecule has 0 aromatic heterocycles. The molecule has 5 nitrogen and oxygen atoms in total. The fourth-order valence-electron chi connectivity index (χ4n) is 4.46. The number of aliphatic imine (C=N–C) groups is 1. The molecule has 1 heterocycles. The lowest BCUT2D eigenvalue weighted by atomic mass is 9.97. The van der Waals surface area contributed by atoms with Gasteiger partial charge in [-0.3, -0.25) is 9.79 Å². The number of allylic oxidation sites excluding steroid dienone is 5. The van der Waals surface area contributed by atoms with Gasteiger partial charge in [0.25, 0.3) is 0 Å². The van der Waals surface area contributed by atoms with Gasteiger partial charge in [-0.1, -0.05) is 66.9 Å². The number of benzene rings is 1. The molecule has 0 spiro atoms. The molecule has 194 valence electrons. The second-order valence-corrected chi connectivity index (χ2v) is 10.9. The van der Waals surface area contributed by atoms with Crippen LogP contribution in [0.15, 0.2) is 64.3 Å². The molecular weight excluding hydrogens is 493 g/mol. The SMILES string of the molecule is CC(C)CC1=C(c2ccc(Cl)c(Cl)c2)NC(=NCC(CC2=CCCC/C=C(\N(C)C)C=C2)C(=O)O)C1. The number of carboxylic acid groups (broad SMARTS) is 1. The zero-order valence-electron chi connectivity index (χ0n) is 21.7. The molecular formula is C29H37Cl2N3O2. The van der Waals surface area contributed by atoms with E-state index in [0.717, 1.165) is 54.0 Å². The van der Waals surface area contributed by atoms with Crippen molar-refractivity contribution in [2.75, 3.05) is 20.6 Å². The predicted octanol–water partition coefficient (Wildman–Crippen LogP) is 7.35. The molecule has 2 aliphatic rings. The van der Waals surface area contributed by atoms with Crippen LogP contribution in [0.3, 0.4) is 0 Å². The Bertz CT molecular complexity index is 1110. The molecule has 0 amide bonds. The number of amidine groups is 1. The summed E-state index contributed by atoms with van der Waals surface area (Å²) in [5.74, 6) is -0.135.